The zero-order chi connectivity index (χ0) is 15.6. The molecule has 3 rings (SSSR count). The number of sulfonamides is 1. The number of aromatic amines is 1. The molecule has 0 spiro atoms. The SMILES string of the molecule is CNS(=O)(=O)CCc1ccc2[nH]cc(C3CCNCC3)c2c1.Cl. The number of aromatic nitrogens is 1. The van der Waals surface area contributed by atoms with Crippen LogP contribution in [0.3, 0.4) is 0 Å². The largest absolute Gasteiger partial charge is 0.361 e. The predicted octanol–water partition coefficient (Wildman–Crippen LogP) is 2.15. The molecule has 1 aromatic heterocycles. The van der Waals surface area contributed by atoms with Crippen LogP contribution >= 0.6 is 12.4 Å². The van der Waals surface area contributed by atoms with Crippen LogP contribution in [-0.4, -0.2) is 39.3 Å². The van der Waals surface area contributed by atoms with Crippen LogP contribution in [-0.2, 0) is 16.4 Å². The number of hydrogen-bond donors (Lipinski definition) is 3. The number of fused-ring (bicyclic) bond motifs is 1. The Morgan fingerprint density at radius 1 is 1.26 bits per heavy atom. The Morgan fingerprint density at radius 2 is 2.00 bits per heavy atom. The molecule has 1 saturated heterocycles. The zero-order valence-electron chi connectivity index (χ0n) is 13.3. The molecule has 1 aliphatic heterocycles. The molecule has 0 aliphatic carbocycles. The van der Waals surface area contributed by atoms with Crippen LogP contribution < -0.4 is 10.0 Å². The fourth-order valence-corrected chi connectivity index (χ4v) is 3.88. The summed E-state index contributed by atoms with van der Waals surface area (Å²) in [6.07, 6.45) is 4.97. The first kappa shape index (κ1) is 18.3. The number of benzene rings is 1. The molecule has 23 heavy (non-hydrogen) atoms. The Balaban J connectivity index is 0.00000192. The summed E-state index contributed by atoms with van der Waals surface area (Å²) >= 11 is 0. The molecular weight excluding hydrogens is 334 g/mol. The highest BCUT2D eigenvalue weighted by Crippen LogP contribution is 2.32. The van der Waals surface area contributed by atoms with Crippen molar-refractivity contribution in [3.05, 3.63) is 35.5 Å². The van der Waals surface area contributed by atoms with Crippen molar-refractivity contribution in [2.24, 2.45) is 0 Å². The maximum absolute atomic E-state index is 11.6. The molecular formula is C16H24ClN3O2S. The summed E-state index contributed by atoms with van der Waals surface area (Å²) in [6.45, 7) is 2.13. The van der Waals surface area contributed by atoms with E-state index in [1.807, 2.05) is 6.07 Å². The number of nitrogens with one attached hydrogen (secondary N) is 3. The molecule has 0 atom stereocenters. The van der Waals surface area contributed by atoms with E-state index < -0.39 is 10.0 Å². The van der Waals surface area contributed by atoms with Gasteiger partial charge in [0.15, 0.2) is 0 Å². The van der Waals surface area contributed by atoms with Gasteiger partial charge in [0, 0.05) is 17.1 Å². The van der Waals surface area contributed by atoms with E-state index in [2.05, 4.69) is 33.4 Å². The van der Waals surface area contributed by atoms with Gasteiger partial charge in [0.2, 0.25) is 10.0 Å². The Kier molecular flexibility index (Phi) is 6.08. The van der Waals surface area contributed by atoms with Crippen molar-refractivity contribution in [3.63, 3.8) is 0 Å². The van der Waals surface area contributed by atoms with Gasteiger partial charge in [-0.25, -0.2) is 13.1 Å². The number of H-pyrrole nitrogens is 1. The maximum atomic E-state index is 11.6. The summed E-state index contributed by atoms with van der Waals surface area (Å²) in [5.74, 6) is 0.716. The molecule has 0 radical (unpaired) electrons. The first-order valence-corrected chi connectivity index (χ1v) is 9.46. The molecule has 5 nitrogen and oxygen atoms in total. The Bertz CT molecular complexity index is 752. The Labute approximate surface area is 143 Å². The summed E-state index contributed by atoms with van der Waals surface area (Å²) in [5, 5.41) is 4.64. The lowest BCUT2D eigenvalue weighted by Gasteiger charge is -2.22. The van der Waals surface area contributed by atoms with Crippen LogP contribution in [0, 0.1) is 0 Å². The molecule has 0 amide bonds. The number of halogens is 1. The average Bonchev–Trinajstić information content (AvgIpc) is 2.97. The molecule has 1 fully saturated rings. The molecule has 2 heterocycles. The average molecular weight is 358 g/mol. The van der Waals surface area contributed by atoms with Crippen molar-refractivity contribution < 1.29 is 8.42 Å². The van der Waals surface area contributed by atoms with E-state index in [4.69, 9.17) is 0 Å². The number of hydrogen-bond acceptors (Lipinski definition) is 3. The van der Waals surface area contributed by atoms with E-state index >= 15 is 0 Å². The van der Waals surface area contributed by atoms with Gasteiger partial charge in [0.25, 0.3) is 0 Å². The minimum Gasteiger partial charge on any atom is -0.361 e. The van der Waals surface area contributed by atoms with Crippen LogP contribution in [0.5, 0.6) is 0 Å². The van der Waals surface area contributed by atoms with Crippen LogP contribution in [0.1, 0.15) is 29.9 Å². The second kappa shape index (κ2) is 7.66. The predicted molar refractivity (Wildman–Crippen MR) is 96.9 cm³/mol. The summed E-state index contributed by atoms with van der Waals surface area (Å²) in [4.78, 5) is 3.35. The molecule has 7 heteroatoms. The van der Waals surface area contributed by atoms with E-state index in [0.29, 0.717) is 12.3 Å². The van der Waals surface area contributed by atoms with Gasteiger partial charge in [0.1, 0.15) is 0 Å². The van der Waals surface area contributed by atoms with Crippen molar-refractivity contribution in [3.8, 4) is 0 Å². The molecule has 0 unspecified atom stereocenters. The van der Waals surface area contributed by atoms with Crippen molar-refractivity contribution in [2.75, 3.05) is 25.9 Å². The van der Waals surface area contributed by atoms with Gasteiger partial charge in [-0.05, 0) is 68.6 Å². The monoisotopic (exact) mass is 357 g/mol. The van der Waals surface area contributed by atoms with Gasteiger partial charge in [-0.1, -0.05) is 6.07 Å². The van der Waals surface area contributed by atoms with Crippen LogP contribution in [0.15, 0.2) is 24.4 Å². The second-order valence-corrected chi connectivity index (χ2v) is 7.97. The lowest BCUT2D eigenvalue weighted by Crippen LogP contribution is -2.26. The molecule has 3 N–H and O–H groups in total. The lowest BCUT2D eigenvalue weighted by molar-refractivity contribution is 0.462. The summed E-state index contributed by atoms with van der Waals surface area (Å²) in [7, 11) is -1.70. The molecule has 1 aliphatic rings. The van der Waals surface area contributed by atoms with Gasteiger partial charge in [-0.3, -0.25) is 0 Å². The van der Waals surface area contributed by atoms with Gasteiger partial charge in [-0.2, -0.15) is 0 Å². The fourth-order valence-electron chi connectivity index (χ4n) is 3.17. The molecule has 128 valence electrons. The standard InChI is InChI=1S/C16H23N3O2S.ClH/c1-17-22(20,21)9-6-12-2-3-16-14(10-12)15(11-19-16)13-4-7-18-8-5-13;/h2-3,10-11,13,17-19H,4-9H2,1H3;1H. The van der Waals surface area contributed by atoms with Crippen molar-refractivity contribution >= 4 is 33.3 Å². The van der Waals surface area contributed by atoms with Gasteiger partial charge in [-0.15, -0.1) is 12.4 Å². The third kappa shape index (κ3) is 4.26. The van der Waals surface area contributed by atoms with E-state index in [-0.39, 0.29) is 18.2 Å². The quantitative estimate of drug-likeness (QED) is 0.767. The highest BCUT2D eigenvalue weighted by atomic mass is 35.5. The summed E-state index contributed by atoms with van der Waals surface area (Å²) in [6, 6.07) is 6.21. The number of aryl methyl sites for hydroxylation is 1. The van der Waals surface area contributed by atoms with Crippen molar-refractivity contribution in [2.45, 2.75) is 25.2 Å². The fraction of sp³-hybridized carbons (Fsp3) is 0.500. The Morgan fingerprint density at radius 3 is 2.70 bits per heavy atom. The number of piperidine rings is 1. The number of rotatable bonds is 5. The lowest BCUT2D eigenvalue weighted by atomic mass is 9.89. The first-order chi connectivity index (χ1) is 10.6. The molecule has 0 saturated carbocycles. The van der Waals surface area contributed by atoms with Gasteiger partial charge >= 0.3 is 0 Å². The topological polar surface area (TPSA) is 74.0 Å². The Hall–Kier alpha value is -1.08. The first-order valence-electron chi connectivity index (χ1n) is 7.81. The second-order valence-electron chi connectivity index (χ2n) is 5.92. The van der Waals surface area contributed by atoms with Gasteiger partial charge < -0.3 is 10.3 Å². The van der Waals surface area contributed by atoms with Crippen molar-refractivity contribution in [1.29, 1.82) is 0 Å². The molecule has 1 aromatic carbocycles. The molecule has 2 aromatic rings. The minimum absolute atomic E-state index is 0. The normalized spacial score (nSPS) is 16.4. The zero-order valence-corrected chi connectivity index (χ0v) is 14.9. The minimum atomic E-state index is -3.15. The summed E-state index contributed by atoms with van der Waals surface area (Å²) in [5.41, 5.74) is 3.57. The highest BCUT2D eigenvalue weighted by molar-refractivity contribution is 7.89. The van der Waals surface area contributed by atoms with Gasteiger partial charge in [0.05, 0.1) is 5.75 Å². The van der Waals surface area contributed by atoms with Crippen LogP contribution in [0.25, 0.3) is 10.9 Å². The smallest absolute Gasteiger partial charge is 0.211 e. The van der Waals surface area contributed by atoms with E-state index in [9.17, 15) is 8.42 Å². The van der Waals surface area contributed by atoms with Crippen LogP contribution in [0.4, 0.5) is 0 Å². The third-order valence-corrected chi connectivity index (χ3v) is 5.89. The van der Waals surface area contributed by atoms with Crippen molar-refractivity contribution in [1.82, 2.24) is 15.0 Å². The van der Waals surface area contributed by atoms with Crippen LogP contribution in [0.2, 0.25) is 0 Å². The van der Waals surface area contributed by atoms with E-state index in [0.717, 1.165) is 37.0 Å². The highest BCUT2D eigenvalue weighted by Gasteiger charge is 2.18. The van der Waals surface area contributed by atoms with E-state index in [1.165, 1.54) is 18.0 Å². The maximum Gasteiger partial charge on any atom is 0.211 e. The summed E-state index contributed by atoms with van der Waals surface area (Å²) < 4.78 is 25.5. The van der Waals surface area contributed by atoms with E-state index in [1.54, 1.807) is 0 Å². The molecule has 0 bridgehead atoms. The third-order valence-electron chi connectivity index (χ3n) is 4.53.